The summed E-state index contributed by atoms with van der Waals surface area (Å²) in [7, 11) is 0. The molecule has 1 unspecified atom stereocenters. The minimum atomic E-state index is -0.322. The van der Waals surface area contributed by atoms with Crippen LogP contribution in [0.5, 0.6) is 5.75 Å². The molecule has 0 aliphatic heterocycles. The van der Waals surface area contributed by atoms with Gasteiger partial charge in [-0.1, -0.05) is 13.8 Å². The molecule has 0 fully saturated rings. The number of aromatic nitrogens is 3. The van der Waals surface area contributed by atoms with Crippen molar-refractivity contribution in [3.63, 3.8) is 0 Å². The minimum absolute atomic E-state index is 0.276. The van der Waals surface area contributed by atoms with Crippen molar-refractivity contribution < 1.29 is 9.13 Å². The van der Waals surface area contributed by atoms with Crippen molar-refractivity contribution in [2.45, 2.75) is 40.0 Å². The van der Waals surface area contributed by atoms with E-state index in [4.69, 9.17) is 10.5 Å². The van der Waals surface area contributed by atoms with Crippen LogP contribution in [-0.2, 0) is 13.2 Å². The van der Waals surface area contributed by atoms with E-state index in [9.17, 15) is 4.39 Å². The Bertz CT molecular complexity index is 595. The number of nitrogens with zero attached hydrogens (tertiary/aromatic N) is 3. The first-order valence-electron chi connectivity index (χ1n) is 7.02. The molecule has 0 radical (unpaired) electrons. The first kappa shape index (κ1) is 15.4. The zero-order valence-corrected chi connectivity index (χ0v) is 12.6. The van der Waals surface area contributed by atoms with Crippen molar-refractivity contribution in [1.29, 1.82) is 0 Å². The largest absolute Gasteiger partial charge is 0.485 e. The van der Waals surface area contributed by atoms with Gasteiger partial charge in [0, 0.05) is 18.2 Å². The average Bonchev–Trinajstić information content (AvgIpc) is 2.83. The van der Waals surface area contributed by atoms with Crippen LogP contribution < -0.4 is 10.5 Å². The second kappa shape index (κ2) is 6.67. The molecule has 2 rings (SSSR count). The number of hydrogen-bond donors (Lipinski definition) is 1. The molecule has 2 N–H and O–H groups in total. The Morgan fingerprint density at radius 3 is 2.76 bits per heavy atom. The molecule has 21 heavy (non-hydrogen) atoms. The quantitative estimate of drug-likeness (QED) is 0.889. The van der Waals surface area contributed by atoms with Gasteiger partial charge in [0.15, 0.2) is 5.82 Å². The lowest BCUT2D eigenvalue weighted by atomic mass is 10.1. The Balaban J connectivity index is 2.12. The van der Waals surface area contributed by atoms with Crippen molar-refractivity contribution in [1.82, 2.24) is 14.8 Å². The summed E-state index contributed by atoms with van der Waals surface area (Å²) in [5, 5.41) is 4.18. The number of nitrogens with two attached hydrogens (primary N) is 1. The fourth-order valence-corrected chi connectivity index (χ4v) is 2.05. The lowest BCUT2D eigenvalue weighted by molar-refractivity contribution is 0.278. The smallest absolute Gasteiger partial charge is 0.164 e. The normalized spacial score (nSPS) is 12.7. The molecule has 0 amide bonds. The molecule has 114 valence electrons. The van der Waals surface area contributed by atoms with E-state index in [1.807, 2.05) is 4.68 Å². The Kier molecular flexibility index (Phi) is 4.90. The van der Waals surface area contributed by atoms with E-state index in [2.05, 4.69) is 23.9 Å². The van der Waals surface area contributed by atoms with E-state index in [1.165, 1.54) is 18.5 Å². The molecule has 1 aromatic carbocycles. The van der Waals surface area contributed by atoms with Gasteiger partial charge in [0.25, 0.3) is 0 Å². The molecule has 0 spiro atoms. The highest BCUT2D eigenvalue weighted by molar-refractivity contribution is 5.36. The number of halogens is 1. The fourth-order valence-electron chi connectivity index (χ4n) is 2.05. The summed E-state index contributed by atoms with van der Waals surface area (Å²) in [5.41, 5.74) is 6.49. The first-order valence-corrected chi connectivity index (χ1v) is 7.02. The molecule has 1 aromatic heterocycles. The van der Waals surface area contributed by atoms with Gasteiger partial charge in [-0.05, 0) is 31.0 Å². The van der Waals surface area contributed by atoms with Crippen molar-refractivity contribution >= 4 is 0 Å². The maximum atomic E-state index is 13.3. The third-order valence-corrected chi connectivity index (χ3v) is 3.05. The van der Waals surface area contributed by atoms with Crippen LogP contribution in [0.2, 0.25) is 0 Å². The molecule has 2 aromatic rings. The van der Waals surface area contributed by atoms with Crippen LogP contribution in [0.4, 0.5) is 4.39 Å². The monoisotopic (exact) mass is 292 g/mol. The third kappa shape index (κ3) is 4.01. The van der Waals surface area contributed by atoms with E-state index in [0.29, 0.717) is 17.2 Å². The van der Waals surface area contributed by atoms with Gasteiger partial charge in [0.05, 0.1) is 0 Å². The lowest BCUT2D eigenvalue weighted by Gasteiger charge is -2.14. The van der Waals surface area contributed by atoms with E-state index >= 15 is 0 Å². The standard InChI is InChI=1S/C15H21FN4O/c1-10(2)7-20-15(18-9-19-20)8-21-14-5-4-12(16)6-13(14)11(3)17/h4-6,9-11H,7-8,17H2,1-3H3. The average molecular weight is 292 g/mol. The van der Waals surface area contributed by atoms with Crippen LogP contribution in [-0.4, -0.2) is 14.8 Å². The summed E-state index contributed by atoms with van der Waals surface area (Å²) in [6.07, 6.45) is 1.51. The molecule has 0 saturated carbocycles. The van der Waals surface area contributed by atoms with Crippen LogP contribution >= 0.6 is 0 Å². The molecule has 5 nitrogen and oxygen atoms in total. The highest BCUT2D eigenvalue weighted by Gasteiger charge is 2.12. The number of hydrogen-bond acceptors (Lipinski definition) is 4. The number of ether oxygens (including phenoxy) is 1. The van der Waals surface area contributed by atoms with E-state index in [0.717, 1.165) is 12.4 Å². The zero-order chi connectivity index (χ0) is 15.4. The maximum absolute atomic E-state index is 13.3. The van der Waals surface area contributed by atoms with Gasteiger partial charge >= 0.3 is 0 Å². The maximum Gasteiger partial charge on any atom is 0.164 e. The molecular weight excluding hydrogens is 271 g/mol. The Labute approximate surface area is 123 Å². The van der Waals surface area contributed by atoms with Gasteiger partial charge in [0.2, 0.25) is 0 Å². The van der Waals surface area contributed by atoms with Crippen LogP contribution in [0, 0.1) is 11.7 Å². The summed E-state index contributed by atoms with van der Waals surface area (Å²) in [6, 6.07) is 4.06. The van der Waals surface area contributed by atoms with Crippen LogP contribution in [0.1, 0.15) is 38.2 Å². The zero-order valence-electron chi connectivity index (χ0n) is 12.6. The van der Waals surface area contributed by atoms with Gasteiger partial charge < -0.3 is 10.5 Å². The summed E-state index contributed by atoms with van der Waals surface area (Å²) in [5.74, 6) is 1.46. The highest BCUT2D eigenvalue weighted by atomic mass is 19.1. The third-order valence-electron chi connectivity index (χ3n) is 3.05. The van der Waals surface area contributed by atoms with Crippen LogP contribution in [0.15, 0.2) is 24.5 Å². The second-order valence-corrected chi connectivity index (χ2v) is 5.51. The topological polar surface area (TPSA) is 66.0 Å². The van der Waals surface area contributed by atoms with Gasteiger partial charge in [-0.2, -0.15) is 5.10 Å². The predicted octanol–water partition coefficient (Wildman–Crippen LogP) is 2.67. The number of rotatable bonds is 6. The van der Waals surface area contributed by atoms with Crippen molar-refractivity contribution in [2.24, 2.45) is 11.7 Å². The first-order chi connectivity index (χ1) is 9.97. The summed E-state index contributed by atoms with van der Waals surface area (Å²) >= 11 is 0. The van der Waals surface area contributed by atoms with Gasteiger partial charge in [-0.3, -0.25) is 0 Å². The molecule has 1 atom stereocenters. The van der Waals surface area contributed by atoms with Crippen LogP contribution in [0.25, 0.3) is 0 Å². The van der Waals surface area contributed by atoms with E-state index in [1.54, 1.807) is 13.0 Å². The fraction of sp³-hybridized carbons (Fsp3) is 0.467. The molecule has 0 saturated heterocycles. The second-order valence-electron chi connectivity index (χ2n) is 5.51. The molecule has 1 heterocycles. The Morgan fingerprint density at radius 1 is 1.33 bits per heavy atom. The van der Waals surface area contributed by atoms with E-state index < -0.39 is 0 Å². The minimum Gasteiger partial charge on any atom is -0.485 e. The lowest BCUT2D eigenvalue weighted by Crippen LogP contribution is -2.13. The van der Waals surface area contributed by atoms with Crippen LogP contribution in [0.3, 0.4) is 0 Å². The molecule has 0 aliphatic rings. The van der Waals surface area contributed by atoms with Crippen molar-refractivity contribution in [3.8, 4) is 5.75 Å². The highest BCUT2D eigenvalue weighted by Crippen LogP contribution is 2.25. The van der Waals surface area contributed by atoms with Crippen molar-refractivity contribution in [3.05, 3.63) is 41.7 Å². The molecular formula is C15H21FN4O. The van der Waals surface area contributed by atoms with E-state index in [-0.39, 0.29) is 18.5 Å². The SMILES string of the molecule is CC(C)Cn1ncnc1COc1ccc(F)cc1C(C)N. The van der Waals surface area contributed by atoms with Gasteiger partial charge in [-0.25, -0.2) is 14.1 Å². The molecule has 0 aliphatic carbocycles. The Morgan fingerprint density at radius 2 is 2.10 bits per heavy atom. The summed E-state index contributed by atoms with van der Waals surface area (Å²) < 4.78 is 20.9. The van der Waals surface area contributed by atoms with Gasteiger partial charge in [0.1, 0.15) is 24.5 Å². The Hall–Kier alpha value is -1.95. The summed E-state index contributed by atoms with van der Waals surface area (Å²) in [4.78, 5) is 4.20. The molecule has 0 bridgehead atoms. The predicted molar refractivity (Wildman–Crippen MR) is 78.2 cm³/mol. The van der Waals surface area contributed by atoms with Crippen molar-refractivity contribution in [2.75, 3.05) is 0 Å². The van der Waals surface area contributed by atoms with Gasteiger partial charge in [-0.15, -0.1) is 0 Å². The molecule has 6 heteroatoms. The number of benzene rings is 1. The summed E-state index contributed by atoms with van der Waals surface area (Å²) in [6.45, 7) is 7.07.